The number of carbonyl (C=O) groups is 2. The lowest BCUT2D eigenvalue weighted by molar-refractivity contribution is -0.384. The summed E-state index contributed by atoms with van der Waals surface area (Å²) in [4.78, 5) is 42.8. The zero-order valence-corrected chi connectivity index (χ0v) is 22.3. The van der Waals surface area contributed by atoms with Crippen molar-refractivity contribution < 1.29 is 24.4 Å². The lowest BCUT2D eigenvalue weighted by Gasteiger charge is -2.25. The second kappa shape index (κ2) is 11.9. The number of benzene rings is 3. The van der Waals surface area contributed by atoms with E-state index >= 15 is 0 Å². The van der Waals surface area contributed by atoms with Gasteiger partial charge in [-0.25, -0.2) is 4.98 Å². The number of aromatic nitrogens is 2. The van der Waals surface area contributed by atoms with Crippen molar-refractivity contribution in [3.8, 4) is 5.75 Å². The van der Waals surface area contributed by atoms with Gasteiger partial charge < -0.3 is 19.3 Å². The van der Waals surface area contributed by atoms with E-state index in [0.29, 0.717) is 36.4 Å². The minimum absolute atomic E-state index is 0.119. The van der Waals surface area contributed by atoms with Gasteiger partial charge in [-0.15, -0.1) is 0 Å². The highest BCUT2D eigenvalue weighted by Gasteiger charge is 2.46. The van der Waals surface area contributed by atoms with E-state index in [1.807, 2.05) is 35.8 Å². The molecule has 10 nitrogen and oxygen atoms in total. The molecule has 1 atom stereocenters. The van der Waals surface area contributed by atoms with Crippen LogP contribution < -0.4 is 4.74 Å². The predicted octanol–water partition coefficient (Wildman–Crippen LogP) is 5.19. The van der Waals surface area contributed by atoms with Crippen LogP contribution in [0.5, 0.6) is 5.75 Å². The van der Waals surface area contributed by atoms with Crippen LogP contribution in [0, 0.1) is 17.0 Å². The molecule has 0 aliphatic carbocycles. The maximum atomic E-state index is 13.3. The minimum Gasteiger partial charge on any atom is -0.507 e. The minimum atomic E-state index is -0.991. The van der Waals surface area contributed by atoms with Crippen LogP contribution in [0.2, 0.25) is 0 Å². The highest BCUT2D eigenvalue weighted by Crippen LogP contribution is 2.40. The molecule has 1 aliphatic rings. The van der Waals surface area contributed by atoms with E-state index in [-0.39, 0.29) is 23.6 Å². The zero-order chi connectivity index (χ0) is 28.9. The number of aliphatic hydroxyl groups is 1. The lowest BCUT2D eigenvalue weighted by Crippen LogP contribution is -2.31. The molecular weight excluding hydrogens is 524 g/mol. The summed E-state index contributed by atoms with van der Waals surface area (Å²) in [6.07, 6.45) is 5.59. The molecule has 2 heterocycles. The molecule has 4 aromatic rings. The third kappa shape index (κ3) is 6.01. The van der Waals surface area contributed by atoms with Gasteiger partial charge in [0.05, 0.1) is 22.9 Å². The smallest absolute Gasteiger partial charge is 0.295 e. The third-order valence-corrected chi connectivity index (χ3v) is 6.93. The fourth-order valence-electron chi connectivity index (χ4n) is 4.94. The fourth-order valence-corrected chi connectivity index (χ4v) is 4.94. The Morgan fingerprint density at radius 3 is 2.54 bits per heavy atom. The van der Waals surface area contributed by atoms with Gasteiger partial charge in [-0.1, -0.05) is 42.0 Å². The number of hydrogen-bond acceptors (Lipinski definition) is 7. The first-order valence-electron chi connectivity index (χ1n) is 13.1. The second-order valence-electron chi connectivity index (χ2n) is 9.80. The number of imidazole rings is 1. The normalized spacial score (nSPS) is 16.2. The first-order chi connectivity index (χ1) is 19.8. The van der Waals surface area contributed by atoms with E-state index in [1.165, 1.54) is 23.1 Å². The van der Waals surface area contributed by atoms with Crippen LogP contribution in [0.25, 0.3) is 5.76 Å². The van der Waals surface area contributed by atoms with Crippen LogP contribution >= 0.6 is 0 Å². The molecule has 0 saturated carbocycles. The van der Waals surface area contributed by atoms with Gasteiger partial charge in [-0.3, -0.25) is 19.7 Å². The Kier molecular flexibility index (Phi) is 7.91. The van der Waals surface area contributed by atoms with E-state index in [0.717, 1.165) is 11.1 Å². The SMILES string of the molecule is Cc1cccc(COc2ccc(/C(O)=C3\C(=O)C(=O)N(CCCn4ccnc4)[C@H]3c3cccc([N+](=O)[O-])c3)cc2)c1. The summed E-state index contributed by atoms with van der Waals surface area (Å²) in [5, 5.41) is 22.8. The fraction of sp³-hybridized carbons (Fsp3) is 0.194. The maximum Gasteiger partial charge on any atom is 0.295 e. The van der Waals surface area contributed by atoms with Gasteiger partial charge in [-0.2, -0.15) is 0 Å². The van der Waals surface area contributed by atoms with Gasteiger partial charge >= 0.3 is 0 Å². The van der Waals surface area contributed by atoms with Crippen LogP contribution in [-0.4, -0.2) is 42.7 Å². The first kappa shape index (κ1) is 27.3. The molecule has 208 valence electrons. The quantitative estimate of drug-likeness (QED) is 0.0943. The molecule has 3 aromatic carbocycles. The molecular formula is C31H28N4O6. The van der Waals surface area contributed by atoms with Crippen LogP contribution in [0.4, 0.5) is 5.69 Å². The highest BCUT2D eigenvalue weighted by atomic mass is 16.6. The van der Waals surface area contributed by atoms with E-state index in [2.05, 4.69) is 4.98 Å². The van der Waals surface area contributed by atoms with Crippen molar-refractivity contribution in [3.63, 3.8) is 0 Å². The molecule has 1 aliphatic heterocycles. The molecule has 41 heavy (non-hydrogen) atoms. The number of hydrogen-bond donors (Lipinski definition) is 1. The Morgan fingerprint density at radius 1 is 1.05 bits per heavy atom. The van der Waals surface area contributed by atoms with Crippen molar-refractivity contribution in [3.05, 3.63) is 129 Å². The van der Waals surface area contributed by atoms with Gasteiger partial charge in [0, 0.05) is 43.2 Å². The number of carbonyl (C=O) groups excluding carboxylic acids is 2. The molecule has 0 spiro atoms. The average Bonchev–Trinajstić information content (AvgIpc) is 3.58. The molecule has 0 radical (unpaired) electrons. The second-order valence-corrected chi connectivity index (χ2v) is 9.80. The number of likely N-dealkylation sites (tertiary alicyclic amines) is 1. The third-order valence-electron chi connectivity index (χ3n) is 6.93. The number of non-ortho nitro benzene ring substituents is 1. The molecule has 5 rings (SSSR count). The van der Waals surface area contributed by atoms with E-state index < -0.39 is 22.7 Å². The molecule has 10 heteroatoms. The first-order valence-corrected chi connectivity index (χ1v) is 13.1. The molecule has 1 N–H and O–H groups in total. The van der Waals surface area contributed by atoms with Crippen molar-refractivity contribution in [2.45, 2.75) is 32.5 Å². The van der Waals surface area contributed by atoms with Gasteiger partial charge in [0.1, 0.15) is 18.1 Å². The summed E-state index contributed by atoms with van der Waals surface area (Å²) in [7, 11) is 0. The summed E-state index contributed by atoms with van der Waals surface area (Å²) in [5.74, 6) is -1.41. The van der Waals surface area contributed by atoms with Crippen LogP contribution in [0.3, 0.4) is 0 Å². The van der Waals surface area contributed by atoms with Crippen molar-refractivity contribution in [1.82, 2.24) is 14.5 Å². The van der Waals surface area contributed by atoms with Gasteiger partial charge in [0.15, 0.2) is 0 Å². The summed E-state index contributed by atoms with van der Waals surface area (Å²) in [5.41, 5.74) is 2.53. The van der Waals surface area contributed by atoms with Crippen molar-refractivity contribution in [2.75, 3.05) is 6.54 Å². The Bertz CT molecular complexity index is 1610. The predicted molar refractivity (Wildman–Crippen MR) is 151 cm³/mol. The van der Waals surface area contributed by atoms with Gasteiger partial charge in [-0.05, 0) is 48.7 Å². The van der Waals surface area contributed by atoms with Crippen molar-refractivity contribution >= 4 is 23.1 Å². The molecule has 1 amide bonds. The highest BCUT2D eigenvalue weighted by molar-refractivity contribution is 6.46. The summed E-state index contributed by atoms with van der Waals surface area (Å²) in [6.45, 7) is 3.11. The number of nitro benzene ring substituents is 1. The van der Waals surface area contributed by atoms with E-state index in [1.54, 1.807) is 49.1 Å². The van der Waals surface area contributed by atoms with Gasteiger partial charge in [0.25, 0.3) is 17.4 Å². The molecule has 1 saturated heterocycles. The Morgan fingerprint density at radius 2 is 1.83 bits per heavy atom. The lowest BCUT2D eigenvalue weighted by atomic mass is 9.95. The van der Waals surface area contributed by atoms with Crippen molar-refractivity contribution in [1.29, 1.82) is 0 Å². The Labute approximate surface area is 236 Å². The standard InChI is InChI=1S/C31H28N4O6/c1-21-5-2-6-22(17-21)19-41-26-11-9-23(10-12-26)29(36)27-28(24-7-3-8-25(18-24)35(39)40)34(31(38)30(27)37)15-4-14-33-16-13-32-20-33/h2-3,5-13,16-18,20,28,36H,4,14-15,19H2,1H3/b29-27+/t28-/m0/s1. The number of aliphatic hydroxyl groups excluding tert-OH is 1. The molecule has 1 aromatic heterocycles. The number of nitro groups is 1. The number of Topliss-reactive ketones (excluding diaryl/α,β-unsaturated/α-hetero) is 1. The number of ether oxygens (including phenoxy) is 1. The Balaban J connectivity index is 1.44. The van der Waals surface area contributed by atoms with Crippen LogP contribution in [-0.2, 0) is 22.7 Å². The van der Waals surface area contributed by atoms with Crippen LogP contribution in [0.15, 0.2) is 97.1 Å². The van der Waals surface area contributed by atoms with E-state index in [4.69, 9.17) is 4.74 Å². The summed E-state index contributed by atoms with van der Waals surface area (Å²) < 4.78 is 7.71. The number of aryl methyl sites for hydroxylation is 2. The topological polar surface area (TPSA) is 128 Å². The largest absolute Gasteiger partial charge is 0.507 e. The number of amides is 1. The summed E-state index contributed by atoms with van der Waals surface area (Å²) >= 11 is 0. The van der Waals surface area contributed by atoms with Crippen LogP contribution in [0.1, 0.15) is 34.7 Å². The number of nitrogens with zero attached hydrogens (tertiary/aromatic N) is 4. The molecule has 0 bridgehead atoms. The van der Waals surface area contributed by atoms with Crippen molar-refractivity contribution in [2.24, 2.45) is 0 Å². The zero-order valence-electron chi connectivity index (χ0n) is 22.3. The summed E-state index contributed by atoms with van der Waals surface area (Å²) in [6, 6.07) is 19.3. The van der Waals surface area contributed by atoms with E-state index in [9.17, 15) is 24.8 Å². The Hall–Kier alpha value is -5.25. The monoisotopic (exact) mass is 552 g/mol. The molecule has 1 fully saturated rings. The maximum absolute atomic E-state index is 13.3. The number of ketones is 1. The van der Waals surface area contributed by atoms with Gasteiger partial charge in [0.2, 0.25) is 0 Å². The number of rotatable bonds is 10. The molecule has 0 unspecified atom stereocenters. The average molecular weight is 553 g/mol.